The predicted octanol–water partition coefficient (Wildman–Crippen LogP) is 4.53. The summed E-state index contributed by atoms with van der Waals surface area (Å²) < 4.78 is 20.1. The number of fused-ring (bicyclic) bond motifs is 2. The molecule has 1 aliphatic rings. The fourth-order valence-corrected chi connectivity index (χ4v) is 3.04. The van der Waals surface area contributed by atoms with E-state index in [0.29, 0.717) is 16.7 Å². The third-order valence-electron chi connectivity index (χ3n) is 4.27. The molecule has 1 aromatic carbocycles. The SMILES string of the molecule is Cc1ccc2c(c1F)Oc1nc(Cl)ccc1C2C(C)(C)C(=O)O. The Labute approximate surface area is 137 Å². The first-order valence-electron chi connectivity index (χ1n) is 7.10. The smallest absolute Gasteiger partial charge is 0.310 e. The van der Waals surface area contributed by atoms with Gasteiger partial charge in [0.15, 0.2) is 11.6 Å². The number of ether oxygens (including phenoxy) is 1. The predicted molar refractivity (Wildman–Crippen MR) is 83.7 cm³/mol. The number of hydrogen-bond donors (Lipinski definition) is 1. The Hall–Kier alpha value is -2.14. The van der Waals surface area contributed by atoms with Crippen LogP contribution in [0.15, 0.2) is 24.3 Å². The number of aromatic nitrogens is 1. The van der Waals surface area contributed by atoms with Crippen LogP contribution in [0.5, 0.6) is 11.6 Å². The van der Waals surface area contributed by atoms with Crippen molar-refractivity contribution >= 4 is 17.6 Å². The number of rotatable bonds is 2. The summed E-state index contributed by atoms with van der Waals surface area (Å²) >= 11 is 5.90. The summed E-state index contributed by atoms with van der Waals surface area (Å²) in [6.45, 7) is 4.83. The van der Waals surface area contributed by atoms with Gasteiger partial charge in [-0.05, 0) is 38.5 Å². The Balaban J connectivity index is 2.32. The van der Waals surface area contributed by atoms with Crippen LogP contribution in [0, 0.1) is 18.2 Å². The molecule has 0 saturated heterocycles. The highest BCUT2D eigenvalue weighted by molar-refractivity contribution is 6.29. The summed E-state index contributed by atoms with van der Waals surface area (Å²) in [6.07, 6.45) is 0. The molecule has 1 aliphatic heterocycles. The highest BCUT2D eigenvalue weighted by Gasteiger charge is 2.45. The minimum Gasteiger partial charge on any atom is -0.481 e. The maximum Gasteiger partial charge on any atom is 0.310 e. The van der Waals surface area contributed by atoms with E-state index in [-0.39, 0.29) is 16.8 Å². The minimum atomic E-state index is -1.18. The highest BCUT2D eigenvalue weighted by Crippen LogP contribution is 2.52. The van der Waals surface area contributed by atoms with Crippen LogP contribution in [0.1, 0.15) is 36.5 Å². The molecule has 6 heteroatoms. The zero-order valence-corrected chi connectivity index (χ0v) is 13.6. The largest absolute Gasteiger partial charge is 0.481 e. The van der Waals surface area contributed by atoms with Gasteiger partial charge in [-0.15, -0.1) is 0 Å². The van der Waals surface area contributed by atoms with E-state index < -0.39 is 23.1 Å². The summed E-state index contributed by atoms with van der Waals surface area (Å²) in [5.41, 5.74) is 0.320. The molecule has 0 spiro atoms. The normalized spacial score (nSPS) is 16.3. The molecule has 0 bridgehead atoms. The van der Waals surface area contributed by atoms with Crippen molar-refractivity contribution in [2.45, 2.75) is 26.7 Å². The van der Waals surface area contributed by atoms with E-state index in [4.69, 9.17) is 16.3 Å². The van der Waals surface area contributed by atoms with E-state index in [9.17, 15) is 14.3 Å². The Morgan fingerprint density at radius 1 is 1.30 bits per heavy atom. The van der Waals surface area contributed by atoms with Gasteiger partial charge in [0.25, 0.3) is 0 Å². The number of aryl methyl sites for hydroxylation is 1. The number of carbonyl (C=O) groups is 1. The molecule has 120 valence electrons. The van der Waals surface area contributed by atoms with Gasteiger partial charge >= 0.3 is 5.97 Å². The van der Waals surface area contributed by atoms with Crippen molar-refractivity contribution in [2.24, 2.45) is 5.41 Å². The second-order valence-corrected chi connectivity index (χ2v) is 6.59. The van der Waals surface area contributed by atoms with E-state index in [0.717, 1.165) is 0 Å². The van der Waals surface area contributed by atoms with Gasteiger partial charge in [0.2, 0.25) is 5.88 Å². The Bertz CT molecular complexity index is 820. The van der Waals surface area contributed by atoms with Crippen molar-refractivity contribution in [3.8, 4) is 11.6 Å². The van der Waals surface area contributed by atoms with Crippen LogP contribution in [0.2, 0.25) is 5.15 Å². The molecule has 0 amide bonds. The Morgan fingerprint density at radius 3 is 2.61 bits per heavy atom. The first kappa shape index (κ1) is 15.7. The first-order valence-corrected chi connectivity index (χ1v) is 7.48. The fourth-order valence-electron chi connectivity index (χ4n) is 2.90. The minimum absolute atomic E-state index is 0.0200. The van der Waals surface area contributed by atoms with Crippen LogP contribution in [0.4, 0.5) is 4.39 Å². The molecule has 0 radical (unpaired) electrons. The molecule has 3 rings (SSSR count). The number of pyridine rings is 1. The van der Waals surface area contributed by atoms with Crippen molar-refractivity contribution in [1.29, 1.82) is 0 Å². The molecular weight excluding hydrogens is 321 g/mol. The Morgan fingerprint density at radius 2 is 1.96 bits per heavy atom. The van der Waals surface area contributed by atoms with Gasteiger partial charge < -0.3 is 9.84 Å². The average Bonchev–Trinajstić information content (AvgIpc) is 2.48. The quantitative estimate of drug-likeness (QED) is 0.819. The highest BCUT2D eigenvalue weighted by atomic mass is 35.5. The lowest BCUT2D eigenvalue weighted by atomic mass is 9.70. The van der Waals surface area contributed by atoms with E-state index in [1.807, 2.05) is 0 Å². The number of carboxylic acid groups (broad SMARTS) is 1. The second-order valence-electron chi connectivity index (χ2n) is 6.21. The standard InChI is InChI=1S/C17H15ClFNO3/c1-8-4-5-9-12(17(2,3)16(21)22)10-6-7-11(18)20-15(10)23-14(9)13(8)19/h4-7,12H,1-3H3,(H,21,22). The van der Waals surface area contributed by atoms with E-state index >= 15 is 0 Å². The maximum absolute atomic E-state index is 14.5. The van der Waals surface area contributed by atoms with Crippen molar-refractivity contribution in [3.05, 3.63) is 51.9 Å². The summed E-state index contributed by atoms with van der Waals surface area (Å²) in [5, 5.41) is 9.84. The lowest BCUT2D eigenvalue weighted by Crippen LogP contribution is -2.34. The molecule has 1 atom stereocenters. The van der Waals surface area contributed by atoms with Crippen LogP contribution >= 0.6 is 11.6 Å². The van der Waals surface area contributed by atoms with Crippen LogP contribution < -0.4 is 4.74 Å². The zero-order valence-electron chi connectivity index (χ0n) is 12.9. The molecular formula is C17H15ClFNO3. The van der Waals surface area contributed by atoms with Crippen LogP contribution in [-0.4, -0.2) is 16.1 Å². The average molecular weight is 336 g/mol. The van der Waals surface area contributed by atoms with Crippen LogP contribution in [0.3, 0.4) is 0 Å². The lowest BCUT2D eigenvalue weighted by molar-refractivity contribution is -0.147. The number of aliphatic carboxylic acids is 1. The molecule has 1 aromatic heterocycles. The number of benzene rings is 1. The van der Waals surface area contributed by atoms with Gasteiger partial charge in [-0.3, -0.25) is 4.79 Å². The molecule has 0 saturated carbocycles. The summed E-state index contributed by atoms with van der Waals surface area (Å²) in [7, 11) is 0. The maximum atomic E-state index is 14.5. The molecule has 0 fully saturated rings. The van der Waals surface area contributed by atoms with Crippen LogP contribution in [-0.2, 0) is 4.79 Å². The van der Waals surface area contributed by atoms with Gasteiger partial charge in [-0.1, -0.05) is 23.7 Å². The molecule has 2 aromatic rings. The molecule has 2 heterocycles. The van der Waals surface area contributed by atoms with Gasteiger partial charge in [-0.25, -0.2) is 9.37 Å². The van der Waals surface area contributed by atoms with E-state index in [1.165, 1.54) is 0 Å². The number of nitrogens with zero attached hydrogens (tertiary/aromatic N) is 1. The summed E-state index contributed by atoms with van der Waals surface area (Å²) in [5.74, 6) is -1.93. The summed E-state index contributed by atoms with van der Waals surface area (Å²) in [4.78, 5) is 15.9. The second kappa shape index (κ2) is 5.20. The third-order valence-corrected chi connectivity index (χ3v) is 4.48. The molecule has 1 unspecified atom stereocenters. The monoisotopic (exact) mass is 335 g/mol. The van der Waals surface area contributed by atoms with Crippen molar-refractivity contribution < 1.29 is 19.0 Å². The number of carboxylic acids is 1. The molecule has 1 N–H and O–H groups in total. The summed E-state index contributed by atoms with van der Waals surface area (Å²) in [6, 6.07) is 6.59. The van der Waals surface area contributed by atoms with Crippen LogP contribution in [0.25, 0.3) is 0 Å². The third kappa shape index (κ3) is 2.36. The molecule has 4 nitrogen and oxygen atoms in total. The topological polar surface area (TPSA) is 59.4 Å². The molecule has 23 heavy (non-hydrogen) atoms. The lowest BCUT2D eigenvalue weighted by Gasteiger charge is -2.36. The Kier molecular flexibility index (Phi) is 3.56. The van der Waals surface area contributed by atoms with E-state index in [1.54, 1.807) is 45.0 Å². The first-order chi connectivity index (χ1) is 10.7. The van der Waals surface area contributed by atoms with Crippen molar-refractivity contribution in [3.63, 3.8) is 0 Å². The van der Waals surface area contributed by atoms with E-state index in [2.05, 4.69) is 4.98 Å². The fraction of sp³-hybridized carbons (Fsp3) is 0.294. The van der Waals surface area contributed by atoms with Gasteiger partial charge in [0, 0.05) is 17.0 Å². The van der Waals surface area contributed by atoms with Crippen molar-refractivity contribution in [2.75, 3.05) is 0 Å². The zero-order chi connectivity index (χ0) is 16.9. The van der Waals surface area contributed by atoms with Crippen molar-refractivity contribution in [1.82, 2.24) is 4.98 Å². The number of hydrogen-bond acceptors (Lipinski definition) is 3. The van der Waals surface area contributed by atoms with Gasteiger partial charge in [-0.2, -0.15) is 0 Å². The number of halogens is 2. The van der Waals surface area contributed by atoms with Gasteiger partial charge in [0.05, 0.1) is 5.41 Å². The molecule has 0 aliphatic carbocycles. The van der Waals surface area contributed by atoms with Gasteiger partial charge in [0.1, 0.15) is 5.15 Å².